The van der Waals surface area contributed by atoms with E-state index in [4.69, 9.17) is 0 Å². The molecule has 0 atom stereocenters. The Bertz CT molecular complexity index is 510. The Hall–Kier alpha value is -1.17. The number of para-hydroxylation sites is 1. The number of hydrogen-bond donors (Lipinski definition) is 0. The first-order valence-electron chi connectivity index (χ1n) is 3.97. The average molecular weight is 277 g/mol. The lowest BCUT2D eigenvalue weighted by Gasteiger charge is -2.08. The molecule has 0 fully saturated rings. The fourth-order valence-electron chi connectivity index (χ4n) is 1.26. The van der Waals surface area contributed by atoms with Crippen LogP contribution in [0.15, 0.2) is 29.1 Å². The average Bonchev–Trinajstić information content (AvgIpc) is 2.15. The van der Waals surface area contributed by atoms with Crippen LogP contribution in [0.4, 0.5) is 13.2 Å². The molecule has 1 aromatic heterocycles. The smallest absolute Gasteiger partial charge is 0.230 e. The summed E-state index contributed by atoms with van der Waals surface area (Å²) in [6, 6.07) is 3.88. The third-order valence-electron chi connectivity index (χ3n) is 1.89. The van der Waals surface area contributed by atoms with Crippen molar-refractivity contribution in [1.29, 1.82) is 0 Å². The van der Waals surface area contributed by atoms with Crippen molar-refractivity contribution in [1.82, 2.24) is 9.97 Å². The summed E-state index contributed by atoms with van der Waals surface area (Å²) >= 11 is 2.94. The van der Waals surface area contributed by atoms with E-state index in [1.54, 1.807) is 0 Å². The van der Waals surface area contributed by atoms with E-state index in [0.717, 1.165) is 6.07 Å². The minimum atomic E-state index is -4.40. The highest BCUT2D eigenvalue weighted by molar-refractivity contribution is 9.10. The van der Waals surface area contributed by atoms with E-state index in [2.05, 4.69) is 25.9 Å². The molecule has 78 valence electrons. The molecule has 1 aromatic carbocycles. The standard InChI is InChI=1S/C9H4BrF3N2/c10-8-14-4-5-2-1-3-6(7(5)15-8)9(11,12)13/h1-4H. The van der Waals surface area contributed by atoms with Crippen molar-refractivity contribution in [3.63, 3.8) is 0 Å². The third kappa shape index (κ3) is 1.94. The van der Waals surface area contributed by atoms with Crippen molar-refractivity contribution < 1.29 is 13.2 Å². The molecule has 2 aromatic rings. The minimum absolute atomic E-state index is 0.0909. The van der Waals surface area contributed by atoms with Gasteiger partial charge < -0.3 is 0 Å². The van der Waals surface area contributed by atoms with Gasteiger partial charge in [-0.05, 0) is 22.0 Å². The van der Waals surface area contributed by atoms with Crippen LogP contribution in [0.2, 0.25) is 0 Å². The van der Waals surface area contributed by atoms with Crippen molar-refractivity contribution in [2.24, 2.45) is 0 Å². The molecular formula is C9H4BrF3N2. The van der Waals surface area contributed by atoms with Crippen molar-refractivity contribution >= 4 is 26.8 Å². The van der Waals surface area contributed by atoms with Crippen LogP contribution in [-0.4, -0.2) is 9.97 Å². The molecule has 0 aliphatic carbocycles. The van der Waals surface area contributed by atoms with Crippen LogP contribution in [-0.2, 0) is 6.18 Å². The fraction of sp³-hybridized carbons (Fsp3) is 0.111. The summed E-state index contributed by atoms with van der Waals surface area (Å²) in [5.41, 5.74) is -0.838. The van der Waals surface area contributed by atoms with Gasteiger partial charge >= 0.3 is 6.18 Å². The highest BCUT2D eigenvalue weighted by Crippen LogP contribution is 2.33. The van der Waals surface area contributed by atoms with Gasteiger partial charge in [0.2, 0.25) is 0 Å². The molecule has 2 rings (SSSR count). The molecule has 0 saturated heterocycles. The second-order valence-corrected chi connectivity index (χ2v) is 3.59. The first-order valence-corrected chi connectivity index (χ1v) is 4.76. The number of benzene rings is 1. The van der Waals surface area contributed by atoms with E-state index in [1.165, 1.54) is 18.3 Å². The summed E-state index contributed by atoms with van der Waals surface area (Å²) in [6.45, 7) is 0. The van der Waals surface area contributed by atoms with Crippen LogP contribution in [0.3, 0.4) is 0 Å². The highest BCUT2D eigenvalue weighted by Gasteiger charge is 2.33. The second-order valence-electron chi connectivity index (χ2n) is 2.88. The van der Waals surface area contributed by atoms with Gasteiger partial charge in [-0.1, -0.05) is 12.1 Å². The van der Waals surface area contributed by atoms with E-state index in [1.807, 2.05) is 0 Å². The first kappa shape index (κ1) is 10.4. The molecule has 2 nitrogen and oxygen atoms in total. The van der Waals surface area contributed by atoms with Gasteiger partial charge in [-0.2, -0.15) is 13.2 Å². The molecular weight excluding hydrogens is 273 g/mol. The summed E-state index contributed by atoms with van der Waals surface area (Å²) in [7, 11) is 0. The molecule has 0 N–H and O–H groups in total. The van der Waals surface area contributed by atoms with Gasteiger partial charge in [0, 0.05) is 11.6 Å². The van der Waals surface area contributed by atoms with Crippen LogP contribution in [0.5, 0.6) is 0 Å². The van der Waals surface area contributed by atoms with E-state index >= 15 is 0 Å². The normalized spacial score (nSPS) is 12.0. The predicted molar refractivity (Wildman–Crippen MR) is 52.2 cm³/mol. The third-order valence-corrected chi connectivity index (χ3v) is 2.27. The topological polar surface area (TPSA) is 25.8 Å². The van der Waals surface area contributed by atoms with E-state index in [-0.39, 0.29) is 10.3 Å². The summed E-state index contributed by atoms with van der Waals surface area (Å²) < 4.78 is 37.9. The maximum absolute atomic E-state index is 12.6. The lowest BCUT2D eigenvalue weighted by Crippen LogP contribution is -2.06. The summed E-state index contributed by atoms with van der Waals surface area (Å²) in [4.78, 5) is 7.50. The maximum Gasteiger partial charge on any atom is 0.418 e. The monoisotopic (exact) mass is 276 g/mol. The molecule has 15 heavy (non-hydrogen) atoms. The van der Waals surface area contributed by atoms with E-state index in [0.29, 0.717) is 5.39 Å². The fourth-order valence-corrected chi connectivity index (χ4v) is 1.54. The van der Waals surface area contributed by atoms with Gasteiger partial charge in [-0.15, -0.1) is 0 Å². The van der Waals surface area contributed by atoms with Crippen molar-refractivity contribution in [2.45, 2.75) is 6.18 Å². The molecule has 0 aliphatic heterocycles. The molecule has 0 bridgehead atoms. The maximum atomic E-state index is 12.6. The predicted octanol–water partition coefficient (Wildman–Crippen LogP) is 3.41. The molecule has 0 amide bonds. The van der Waals surface area contributed by atoms with Crippen LogP contribution < -0.4 is 0 Å². The van der Waals surface area contributed by atoms with Crippen LogP contribution in [0, 0.1) is 0 Å². The number of hydrogen-bond acceptors (Lipinski definition) is 2. The van der Waals surface area contributed by atoms with E-state index in [9.17, 15) is 13.2 Å². The number of rotatable bonds is 0. The van der Waals surface area contributed by atoms with Crippen molar-refractivity contribution in [3.8, 4) is 0 Å². The largest absolute Gasteiger partial charge is 0.418 e. The summed E-state index contributed by atoms with van der Waals surface area (Å²) in [5.74, 6) is 0. The number of alkyl halides is 3. The number of nitrogens with zero attached hydrogens (tertiary/aromatic N) is 2. The van der Waals surface area contributed by atoms with Crippen LogP contribution >= 0.6 is 15.9 Å². The molecule has 6 heteroatoms. The SMILES string of the molecule is FC(F)(F)c1cccc2cnc(Br)nc12. The van der Waals surface area contributed by atoms with Crippen LogP contribution in [0.25, 0.3) is 10.9 Å². The van der Waals surface area contributed by atoms with Gasteiger partial charge in [-0.25, -0.2) is 9.97 Å². The quantitative estimate of drug-likeness (QED) is 0.689. The Morgan fingerprint density at radius 1 is 1.20 bits per heavy atom. The first-order chi connectivity index (χ1) is 6.98. The van der Waals surface area contributed by atoms with E-state index < -0.39 is 11.7 Å². The lowest BCUT2D eigenvalue weighted by molar-refractivity contribution is -0.136. The molecule has 1 heterocycles. The number of halogens is 4. The van der Waals surface area contributed by atoms with Crippen molar-refractivity contribution in [2.75, 3.05) is 0 Å². The molecule has 0 unspecified atom stereocenters. The number of aromatic nitrogens is 2. The zero-order valence-corrected chi connectivity index (χ0v) is 8.80. The summed E-state index contributed by atoms with van der Waals surface area (Å²) in [5, 5.41) is 0.369. The molecule has 0 radical (unpaired) electrons. The lowest BCUT2D eigenvalue weighted by atomic mass is 10.1. The van der Waals surface area contributed by atoms with Crippen LogP contribution in [0.1, 0.15) is 5.56 Å². The Morgan fingerprint density at radius 2 is 1.93 bits per heavy atom. The van der Waals surface area contributed by atoms with Gasteiger partial charge in [0.05, 0.1) is 11.1 Å². The summed E-state index contributed by atoms with van der Waals surface area (Å²) in [6.07, 6.45) is -3.05. The minimum Gasteiger partial charge on any atom is -0.230 e. The Labute approximate surface area is 91.3 Å². The second kappa shape index (κ2) is 3.44. The van der Waals surface area contributed by atoms with Gasteiger partial charge in [0.1, 0.15) is 0 Å². The Kier molecular flexibility index (Phi) is 2.38. The molecule has 0 saturated carbocycles. The van der Waals surface area contributed by atoms with Crippen molar-refractivity contribution in [3.05, 3.63) is 34.7 Å². The zero-order valence-electron chi connectivity index (χ0n) is 7.22. The number of fused-ring (bicyclic) bond motifs is 1. The molecule has 0 spiro atoms. The Balaban J connectivity index is 2.80. The molecule has 0 aliphatic rings. The zero-order chi connectivity index (χ0) is 11.1. The Morgan fingerprint density at radius 3 is 2.60 bits per heavy atom. The highest BCUT2D eigenvalue weighted by atomic mass is 79.9. The van der Waals surface area contributed by atoms with Gasteiger partial charge in [-0.3, -0.25) is 0 Å². The van der Waals surface area contributed by atoms with Gasteiger partial charge in [0.25, 0.3) is 0 Å². The van der Waals surface area contributed by atoms with Gasteiger partial charge in [0.15, 0.2) is 4.73 Å².